The molecule has 1 aromatic carbocycles. The Morgan fingerprint density at radius 3 is 2.72 bits per heavy atom. The Balaban J connectivity index is 1.40. The number of hydrogen-bond donors (Lipinski definition) is 3. The van der Waals surface area contributed by atoms with Crippen molar-refractivity contribution in [1.29, 1.82) is 0 Å². The molecule has 0 unspecified atom stereocenters. The van der Waals surface area contributed by atoms with Crippen LogP contribution in [0.25, 0.3) is 0 Å². The highest BCUT2D eigenvalue weighted by atomic mass is 16.3. The molecule has 0 radical (unpaired) electrons. The van der Waals surface area contributed by atoms with Crippen LogP contribution in [0.15, 0.2) is 24.3 Å². The van der Waals surface area contributed by atoms with E-state index in [4.69, 9.17) is 0 Å². The summed E-state index contributed by atoms with van der Waals surface area (Å²) in [5, 5.41) is 24.2. The average Bonchev–Trinajstić information content (AvgIpc) is 2.98. The minimum Gasteiger partial charge on any atom is -0.508 e. The fourth-order valence-corrected chi connectivity index (χ4v) is 8.03. The van der Waals surface area contributed by atoms with Gasteiger partial charge in [-0.3, -0.25) is 4.79 Å². The van der Waals surface area contributed by atoms with Crippen molar-refractivity contribution in [2.75, 3.05) is 5.32 Å². The molecule has 0 heterocycles. The number of rotatable bonds is 2. The van der Waals surface area contributed by atoms with Crippen molar-refractivity contribution in [3.05, 3.63) is 24.3 Å². The Morgan fingerprint density at radius 1 is 1.10 bits per heavy atom. The molecule has 4 fully saturated rings. The van der Waals surface area contributed by atoms with Gasteiger partial charge in [0, 0.05) is 23.6 Å². The van der Waals surface area contributed by atoms with Crippen molar-refractivity contribution in [3.8, 4) is 5.75 Å². The molecule has 3 N–H and O–H groups in total. The van der Waals surface area contributed by atoms with Gasteiger partial charge in [-0.1, -0.05) is 19.9 Å². The van der Waals surface area contributed by atoms with Crippen LogP contribution in [-0.2, 0) is 4.79 Å². The number of carbonyl (C=O) groups excluding carboxylic acids is 1. The zero-order valence-electron chi connectivity index (χ0n) is 17.7. The Bertz CT molecular complexity index is 809. The van der Waals surface area contributed by atoms with E-state index in [9.17, 15) is 15.0 Å². The molecule has 4 aliphatic carbocycles. The minimum atomic E-state index is -0.353. The lowest BCUT2D eigenvalue weighted by Crippen LogP contribution is -2.57. The molecule has 0 saturated heterocycles. The van der Waals surface area contributed by atoms with Crippen molar-refractivity contribution < 1.29 is 15.0 Å². The number of fused-ring (bicyclic) bond motifs is 5. The summed E-state index contributed by atoms with van der Waals surface area (Å²) >= 11 is 0. The second-order valence-corrected chi connectivity index (χ2v) is 10.9. The number of nitrogens with one attached hydrogen (secondary N) is 1. The third-order valence-electron chi connectivity index (χ3n) is 9.62. The average molecular weight is 398 g/mol. The third-order valence-corrected chi connectivity index (χ3v) is 9.62. The second kappa shape index (κ2) is 6.73. The van der Waals surface area contributed by atoms with E-state index in [-0.39, 0.29) is 28.7 Å². The SMILES string of the molecule is C[C@]12C[C@H](Nc3cccc(O)c3)[C@@H](O)C[C@@H]1CC[C@@H]1[C@@H]2CC[C@]2(C)C(=O)CC[C@@H]12. The lowest BCUT2D eigenvalue weighted by atomic mass is 9.44. The Hall–Kier alpha value is -1.55. The highest BCUT2D eigenvalue weighted by Crippen LogP contribution is 2.65. The zero-order chi connectivity index (χ0) is 20.4. The molecule has 0 bridgehead atoms. The minimum absolute atomic E-state index is 0.00956. The van der Waals surface area contributed by atoms with Crippen molar-refractivity contribution in [2.24, 2.45) is 34.5 Å². The molecule has 29 heavy (non-hydrogen) atoms. The van der Waals surface area contributed by atoms with Gasteiger partial charge in [-0.25, -0.2) is 0 Å². The van der Waals surface area contributed by atoms with E-state index in [0.29, 0.717) is 29.5 Å². The summed E-state index contributed by atoms with van der Waals surface area (Å²) in [5.74, 6) is 3.22. The number of ketones is 1. The lowest BCUT2D eigenvalue weighted by Gasteiger charge is -2.61. The van der Waals surface area contributed by atoms with E-state index in [1.165, 1.54) is 12.8 Å². The molecule has 4 heteroatoms. The first-order chi connectivity index (χ1) is 13.8. The van der Waals surface area contributed by atoms with Gasteiger partial charge < -0.3 is 15.5 Å². The maximum absolute atomic E-state index is 12.6. The van der Waals surface area contributed by atoms with E-state index in [1.54, 1.807) is 12.1 Å². The zero-order valence-corrected chi connectivity index (χ0v) is 17.7. The van der Waals surface area contributed by atoms with Gasteiger partial charge in [0.2, 0.25) is 0 Å². The van der Waals surface area contributed by atoms with Gasteiger partial charge >= 0.3 is 0 Å². The second-order valence-electron chi connectivity index (χ2n) is 10.9. The molecule has 0 amide bonds. The van der Waals surface area contributed by atoms with Gasteiger partial charge in [0.1, 0.15) is 11.5 Å². The third kappa shape index (κ3) is 2.93. The largest absolute Gasteiger partial charge is 0.508 e. The standard InChI is InChI=1S/C25H35NO3/c1-24-11-10-20-18(19(24)8-9-23(24)29)7-6-15-12-22(28)21(14-25(15,20)2)26-16-4-3-5-17(27)13-16/h3-5,13,15,18-22,26-28H,6-12,14H2,1-2H3/t15-,18-,19-,20-,21-,22-,24-,25-/m0/s1. The van der Waals surface area contributed by atoms with Crippen LogP contribution in [0, 0.1) is 34.5 Å². The number of aliphatic hydroxyl groups is 1. The topological polar surface area (TPSA) is 69.6 Å². The number of aromatic hydroxyl groups is 1. The van der Waals surface area contributed by atoms with Crippen LogP contribution in [0.4, 0.5) is 5.69 Å². The summed E-state index contributed by atoms with van der Waals surface area (Å²) in [4.78, 5) is 12.6. The van der Waals surface area contributed by atoms with Crippen LogP contribution in [-0.4, -0.2) is 28.1 Å². The number of aliphatic hydroxyl groups excluding tert-OH is 1. The number of Topliss-reactive ketones (excluding diaryl/α,β-unsaturated/α-hetero) is 1. The van der Waals surface area contributed by atoms with Gasteiger partial charge in [0.05, 0.1) is 12.1 Å². The maximum Gasteiger partial charge on any atom is 0.139 e. The molecule has 4 saturated carbocycles. The molecule has 4 aliphatic rings. The van der Waals surface area contributed by atoms with E-state index in [0.717, 1.165) is 44.2 Å². The van der Waals surface area contributed by atoms with Crippen molar-refractivity contribution in [3.63, 3.8) is 0 Å². The molecule has 158 valence electrons. The van der Waals surface area contributed by atoms with Gasteiger partial charge in [0.15, 0.2) is 0 Å². The van der Waals surface area contributed by atoms with Crippen LogP contribution in [0.5, 0.6) is 5.75 Å². The Morgan fingerprint density at radius 2 is 1.93 bits per heavy atom. The lowest BCUT2D eigenvalue weighted by molar-refractivity contribution is -0.143. The van der Waals surface area contributed by atoms with E-state index in [1.807, 2.05) is 12.1 Å². The summed E-state index contributed by atoms with van der Waals surface area (Å²) in [6, 6.07) is 7.22. The number of phenols is 1. The number of phenolic OH excluding ortho intramolecular Hbond substituents is 1. The van der Waals surface area contributed by atoms with Gasteiger partial charge in [0.25, 0.3) is 0 Å². The van der Waals surface area contributed by atoms with Crippen LogP contribution in [0.2, 0.25) is 0 Å². The van der Waals surface area contributed by atoms with E-state index >= 15 is 0 Å². The summed E-state index contributed by atoms with van der Waals surface area (Å²) in [6.07, 6.45) is 7.97. The van der Waals surface area contributed by atoms with Crippen LogP contribution >= 0.6 is 0 Å². The Labute approximate surface area is 174 Å². The first-order valence-electron chi connectivity index (χ1n) is 11.6. The predicted octanol–water partition coefficient (Wildman–Crippen LogP) is 4.76. The van der Waals surface area contributed by atoms with Crippen LogP contribution in [0.1, 0.15) is 65.2 Å². The smallest absolute Gasteiger partial charge is 0.139 e. The number of hydrogen-bond acceptors (Lipinski definition) is 4. The van der Waals surface area contributed by atoms with Crippen molar-refractivity contribution in [1.82, 2.24) is 0 Å². The number of benzene rings is 1. The summed E-state index contributed by atoms with van der Waals surface area (Å²) in [5.41, 5.74) is 1.02. The van der Waals surface area contributed by atoms with Crippen LogP contribution in [0.3, 0.4) is 0 Å². The fourth-order valence-electron chi connectivity index (χ4n) is 8.03. The maximum atomic E-state index is 12.6. The molecule has 0 spiro atoms. The predicted molar refractivity (Wildman–Crippen MR) is 114 cm³/mol. The molecule has 8 atom stereocenters. The highest BCUT2D eigenvalue weighted by molar-refractivity contribution is 5.87. The molecule has 5 rings (SSSR count). The molecule has 4 nitrogen and oxygen atoms in total. The van der Waals surface area contributed by atoms with Gasteiger partial charge in [-0.05, 0) is 86.2 Å². The van der Waals surface area contributed by atoms with E-state index in [2.05, 4.69) is 19.2 Å². The summed E-state index contributed by atoms with van der Waals surface area (Å²) < 4.78 is 0. The first kappa shape index (κ1) is 19.4. The quantitative estimate of drug-likeness (QED) is 0.673. The van der Waals surface area contributed by atoms with Crippen molar-refractivity contribution in [2.45, 2.75) is 77.4 Å². The summed E-state index contributed by atoms with van der Waals surface area (Å²) in [6.45, 7) is 4.71. The monoisotopic (exact) mass is 397 g/mol. The molecular weight excluding hydrogens is 362 g/mol. The van der Waals surface area contributed by atoms with E-state index < -0.39 is 0 Å². The van der Waals surface area contributed by atoms with Crippen LogP contribution < -0.4 is 5.32 Å². The normalized spacial score (nSPS) is 46.5. The summed E-state index contributed by atoms with van der Waals surface area (Å²) in [7, 11) is 0. The highest BCUT2D eigenvalue weighted by Gasteiger charge is 2.61. The fraction of sp³-hybridized carbons (Fsp3) is 0.720. The molecule has 0 aliphatic heterocycles. The van der Waals surface area contributed by atoms with Crippen molar-refractivity contribution >= 4 is 11.5 Å². The van der Waals surface area contributed by atoms with Gasteiger partial charge in [-0.2, -0.15) is 0 Å². The molecular formula is C25H35NO3. The number of anilines is 1. The number of carbonyl (C=O) groups is 1. The molecule has 1 aromatic rings. The molecule has 0 aromatic heterocycles. The van der Waals surface area contributed by atoms with Gasteiger partial charge in [-0.15, -0.1) is 0 Å². The first-order valence-corrected chi connectivity index (χ1v) is 11.6. The Kier molecular flexibility index (Phi) is 4.51.